The number of aliphatic hydroxyl groups excluding tert-OH is 1. The van der Waals surface area contributed by atoms with Crippen molar-refractivity contribution in [3.63, 3.8) is 0 Å². The molecule has 3 unspecified atom stereocenters. The molecule has 0 aliphatic rings. The third-order valence-electron chi connectivity index (χ3n) is 3.97. The quantitative estimate of drug-likeness (QED) is 0.307. The van der Waals surface area contributed by atoms with E-state index in [0.29, 0.717) is 0 Å². The van der Waals surface area contributed by atoms with Crippen LogP contribution in [0, 0.1) is 11.3 Å². The summed E-state index contributed by atoms with van der Waals surface area (Å²) >= 11 is 0. The number of hydrogen-bond donors (Lipinski definition) is 5. The minimum atomic E-state index is -2.61. The third kappa shape index (κ3) is 8.45. The second-order valence-electron chi connectivity index (χ2n) is 5.73. The minimum absolute atomic E-state index is 0.00979. The van der Waals surface area contributed by atoms with E-state index in [1.807, 2.05) is 27.7 Å². The lowest BCUT2D eigenvalue weighted by molar-refractivity contribution is -0.148. The highest BCUT2D eigenvalue weighted by Crippen LogP contribution is 2.40. The summed E-state index contributed by atoms with van der Waals surface area (Å²) in [5, 5.41) is 9.95. The number of ether oxygens (including phenoxy) is 1. The number of aliphatic hydroxyl groups is 1. The molecular formula is C13H30O8P2. The van der Waals surface area contributed by atoms with Gasteiger partial charge in [0, 0.05) is 0 Å². The molecule has 0 aliphatic carbocycles. The van der Waals surface area contributed by atoms with Gasteiger partial charge < -0.3 is 38.5 Å². The van der Waals surface area contributed by atoms with Crippen LogP contribution >= 0.6 is 17.2 Å². The van der Waals surface area contributed by atoms with Crippen LogP contribution in [0.4, 0.5) is 0 Å². The summed E-state index contributed by atoms with van der Waals surface area (Å²) in [6, 6.07) is 0. The zero-order valence-electron chi connectivity index (χ0n) is 14.1. The predicted octanol–water partition coefficient (Wildman–Crippen LogP) is 1.65. The standard InChI is InChI=1S/C13H30O8P2/c1-5-10(3)12(21-11(4)6-2)13(7-14,8-19-22(15)16)9-20-23(17)18/h10-12,14-18H,5-9H2,1-4H3. The lowest BCUT2D eigenvalue weighted by atomic mass is 9.77. The highest BCUT2D eigenvalue weighted by atomic mass is 31.2. The van der Waals surface area contributed by atoms with Gasteiger partial charge in [0.2, 0.25) is 0 Å². The molecule has 23 heavy (non-hydrogen) atoms. The monoisotopic (exact) mass is 376 g/mol. The van der Waals surface area contributed by atoms with Crippen LogP contribution in [0.2, 0.25) is 0 Å². The van der Waals surface area contributed by atoms with Crippen molar-refractivity contribution in [2.75, 3.05) is 19.8 Å². The second kappa shape index (κ2) is 12.0. The molecular weight excluding hydrogens is 346 g/mol. The Morgan fingerprint density at radius 2 is 1.39 bits per heavy atom. The smallest absolute Gasteiger partial charge is 0.327 e. The Morgan fingerprint density at radius 1 is 0.913 bits per heavy atom. The Bertz CT molecular complexity index is 294. The van der Waals surface area contributed by atoms with E-state index >= 15 is 0 Å². The van der Waals surface area contributed by atoms with Crippen LogP contribution in [0.3, 0.4) is 0 Å². The van der Waals surface area contributed by atoms with Gasteiger partial charge in [-0.3, -0.25) is 0 Å². The van der Waals surface area contributed by atoms with E-state index in [9.17, 15) is 5.11 Å². The van der Waals surface area contributed by atoms with E-state index in [0.717, 1.165) is 12.8 Å². The summed E-state index contributed by atoms with van der Waals surface area (Å²) in [5.74, 6) is 0.00979. The van der Waals surface area contributed by atoms with Crippen molar-refractivity contribution in [2.45, 2.75) is 52.7 Å². The van der Waals surface area contributed by atoms with Gasteiger partial charge in [-0.25, -0.2) is 0 Å². The van der Waals surface area contributed by atoms with Crippen molar-refractivity contribution in [3.05, 3.63) is 0 Å². The zero-order valence-corrected chi connectivity index (χ0v) is 15.9. The molecule has 10 heteroatoms. The van der Waals surface area contributed by atoms with Crippen LogP contribution in [0.5, 0.6) is 0 Å². The fraction of sp³-hybridized carbons (Fsp3) is 1.00. The minimum Gasteiger partial charge on any atom is -0.396 e. The molecule has 140 valence electrons. The van der Waals surface area contributed by atoms with Crippen LogP contribution in [0.25, 0.3) is 0 Å². The highest BCUT2D eigenvalue weighted by Gasteiger charge is 2.44. The Balaban J connectivity index is 5.46. The summed E-state index contributed by atoms with van der Waals surface area (Å²) in [4.78, 5) is 36.1. The number of hydrogen-bond acceptors (Lipinski definition) is 8. The van der Waals surface area contributed by atoms with Gasteiger partial charge in [0.25, 0.3) is 0 Å². The average molecular weight is 376 g/mol. The summed E-state index contributed by atoms with van der Waals surface area (Å²) in [5.41, 5.74) is -1.14. The Morgan fingerprint density at radius 3 is 1.70 bits per heavy atom. The van der Waals surface area contributed by atoms with Crippen LogP contribution in [-0.2, 0) is 13.8 Å². The lowest BCUT2D eigenvalue weighted by Gasteiger charge is -2.42. The maximum atomic E-state index is 9.95. The Hall–Kier alpha value is 0.540. The second-order valence-corrected chi connectivity index (χ2v) is 7.26. The summed E-state index contributed by atoms with van der Waals surface area (Å²) < 4.78 is 15.9. The summed E-state index contributed by atoms with van der Waals surface area (Å²) in [6.45, 7) is 6.87. The first-order valence-electron chi connectivity index (χ1n) is 7.60. The van der Waals surface area contributed by atoms with Crippen LogP contribution < -0.4 is 0 Å². The lowest BCUT2D eigenvalue weighted by Crippen LogP contribution is -2.51. The molecule has 0 saturated carbocycles. The zero-order chi connectivity index (χ0) is 18.0. The largest absolute Gasteiger partial charge is 0.396 e. The first kappa shape index (κ1) is 23.5. The Labute approximate surface area is 140 Å². The summed E-state index contributed by atoms with van der Waals surface area (Å²) in [6.07, 6.45) is 0.908. The van der Waals surface area contributed by atoms with E-state index in [-0.39, 0.29) is 25.2 Å². The highest BCUT2D eigenvalue weighted by molar-refractivity contribution is 7.39. The first-order valence-corrected chi connectivity index (χ1v) is 9.93. The van der Waals surface area contributed by atoms with Crippen molar-refractivity contribution in [1.82, 2.24) is 0 Å². The van der Waals surface area contributed by atoms with Gasteiger partial charge in [0.1, 0.15) is 0 Å². The van der Waals surface area contributed by atoms with Crippen molar-refractivity contribution >= 4 is 17.2 Å². The van der Waals surface area contributed by atoms with Crippen LogP contribution in [0.1, 0.15) is 40.5 Å². The van der Waals surface area contributed by atoms with Crippen LogP contribution in [-0.4, -0.2) is 56.7 Å². The molecule has 0 aromatic heterocycles. The SMILES string of the molecule is CCC(C)OC(C(C)CC)C(CO)(COP(O)O)COP(O)O. The molecule has 8 nitrogen and oxygen atoms in total. The van der Waals surface area contributed by atoms with Crippen molar-refractivity contribution in [2.24, 2.45) is 11.3 Å². The predicted molar refractivity (Wildman–Crippen MR) is 88.2 cm³/mol. The average Bonchev–Trinajstić information content (AvgIpc) is 2.52. The molecule has 0 aromatic carbocycles. The molecule has 0 radical (unpaired) electrons. The molecule has 0 aliphatic heterocycles. The molecule has 0 amide bonds. The normalized spacial score (nSPS) is 16.8. The maximum Gasteiger partial charge on any atom is 0.327 e. The summed E-state index contributed by atoms with van der Waals surface area (Å²) in [7, 11) is -5.22. The fourth-order valence-corrected chi connectivity index (χ4v) is 2.95. The van der Waals surface area contributed by atoms with Gasteiger partial charge in [0.15, 0.2) is 0 Å². The molecule has 3 atom stereocenters. The Kier molecular flexibility index (Phi) is 12.3. The molecule has 0 aromatic rings. The van der Waals surface area contributed by atoms with Crippen molar-refractivity contribution in [3.8, 4) is 0 Å². The molecule has 0 fully saturated rings. The van der Waals surface area contributed by atoms with E-state index in [1.54, 1.807) is 0 Å². The van der Waals surface area contributed by atoms with E-state index in [4.69, 9.17) is 33.4 Å². The van der Waals surface area contributed by atoms with Gasteiger partial charge in [-0.1, -0.05) is 27.2 Å². The van der Waals surface area contributed by atoms with Gasteiger partial charge in [-0.15, -0.1) is 0 Å². The maximum absolute atomic E-state index is 9.95. The van der Waals surface area contributed by atoms with Gasteiger partial charge in [-0.05, 0) is 19.3 Å². The van der Waals surface area contributed by atoms with Gasteiger partial charge >= 0.3 is 17.2 Å². The topological polar surface area (TPSA) is 129 Å². The fourth-order valence-electron chi connectivity index (χ4n) is 2.20. The number of rotatable bonds is 13. The van der Waals surface area contributed by atoms with E-state index < -0.39 is 35.3 Å². The molecule has 5 N–H and O–H groups in total. The van der Waals surface area contributed by atoms with Gasteiger partial charge in [-0.2, -0.15) is 0 Å². The molecule has 0 heterocycles. The van der Waals surface area contributed by atoms with E-state index in [1.165, 1.54) is 0 Å². The molecule has 0 bridgehead atoms. The van der Waals surface area contributed by atoms with Crippen LogP contribution in [0.15, 0.2) is 0 Å². The first-order chi connectivity index (χ1) is 10.7. The van der Waals surface area contributed by atoms with Gasteiger partial charge in [0.05, 0.1) is 37.4 Å². The van der Waals surface area contributed by atoms with Crippen molar-refractivity contribution in [1.29, 1.82) is 0 Å². The third-order valence-corrected chi connectivity index (χ3v) is 4.69. The molecule has 0 spiro atoms. The molecule has 0 rings (SSSR count). The molecule has 0 saturated heterocycles. The van der Waals surface area contributed by atoms with E-state index in [2.05, 4.69) is 0 Å². The van der Waals surface area contributed by atoms with Crippen molar-refractivity contribution < 1.29 is 38.5 Å².